The van der Waals surface area contributed by atoms with Crippen LogP contribution < -0.4 is 10.4 Å². The van der Waals surface area contributed by atoms with Crippen molar-refractivity contribution in [1.82, 2.24) is 14.1 Å². The molecule has 0 aliphatic rings. The van der Waals surface area contributed by atoms with Crippen molar-refractivity contribution >= 4 is 20.7 Å². The second-order valence-electron chi connectivity index (χ2n) is 7.38. The van der Waals surface area contributed by atoms with Crippen LogP contribution in [0.5, 0.6) is 11.6 Å². The van der Waals surface area contributed by atoms with Gasteiger partial charge in [-0.15, -0.1) is 0 Å². The van der Waals surface area contributed by atoms with E-state index in [0.717, 1.165) is 34.2 Å². The Hall–Kier alpha value is -3.80. The first-order valence-electron chi connectivity index (χ1n) is 9.81. The molecule has 34 heavy (non-hydrogen) atoms. The van der Waals surface area contributed by atoms with Gasteiger partial charge in [0.15, 0.2) is 0 Å². The van der Waals surface area contributed by atoms with Gasteiger partial charge in [0.05, 0.1) is 41.6 Å². The molecule has 0 bridgehead atoms. The zero-order valence-corrected chi connectivity index (χ0v) is 18.7. The summed E-state index contributed by atoms with van der Waals surface area (Å²) in [5, 5.41) is 11.4. The van der Waals surface area contributed by atoms with Gasteiger partial charge in [0.2, 0.25) is 5.88 Å². The predicted octanol–water partition coefficient (Wildman–Crippen LogP) is 3.55. The number of halogens is 3. The standard InChI is InChI=1S/C22H18F3N3O5S/c1-13-20(29)28(14-7-9-15(10-8-14)34(31,32)22(23,24)25)21(30)27(13)12-17-16-5-3-4-6-18(16)26-11-19(17)33-2/h3-11,29H,12H2,1-2H3. The number of aromatic hydroxyl groups is 1. The van der Waals surface area contributed by atoms with Gasteiger partial charge in [-0.1, -0.05) is 18.2 Å². The van der Waals surface area contributed by atoms with Crippen LogP contribution in [-0.2, 0) is 16.4 Å². The molecule has 8 nitrogen and oxygen atoms in total. The highest BCUT2D eigenvalue weighted by Crippen LogP contribution is 2.32. The van der Waals surface area contributed by atoms with Gasteiger partial charge in [0, 0.05) is 10.9 Å². The molecule has 2 heterocycles. The first-order valence-corrected chi connectivity index (χ1v) is 11.3. The number of imidazole rings is 1. The van der Waals surface area contributed by atoms with Gasteiger partial charge in [-0.3, -0.25) is 9.55 Å². The van der Waals surface area contributed by atoms with E-state index in [1.54, 1.807) is 6.07 Å². The van der Waals surface area contributed by atoms with Crippen LogP contribution in [0.25, 0.3) is 16.6 Å². The van der Waals surface area contributed by atoms with Crippen LogP contribution in [0.3, 0.4) is 0 Å². The number of benzene rings is 2. The van der Waals surface area contributed by atoms with Crippen molar-refractivity contribution in [3.05, 3.63) is 76.5 Å². The first kappa shape index (κ1) is 23.4. The molecule has 0 radical (unpaired) electrons. The number of rotatable bonds is 5. The Kier molecular flexibility index (Phi) is 5.64. The Balaban J connectivity index is 1.81. The number of nitrogens with zero attached hydrogens (tertiary/aromatic N) is 3. The lowest BCUT2D eigenvalue weighted by molar-refractivity contribution is -0.0436. The average Bonchev–Trinajstić information content (AvgIpc) is 3.01. The minimum Gasteiger partial charge on any atom is -0.495 e. The number of methoxy groups -OCH3 is 1. The molecule has 0 aliphatic heterocycles. The summed E-state index contributed by atoms with van der Waals surface area (Å²) in [6.07, 6.45) is 1.52. The van der Waals surface area contributed by atoms with E-state index >= 15 is 0 Å². The van der Waals surface area contributed by atoms with Gasteiger partial charge in [-0.05, 0) is 37.3 Å². The molecule has 4 aromatic rings. The van der Waals surface area contributed by atoms with Crippen molar-refractivity contribution in [2.75, 3.05) is 7.11 Å². The van der Waals surface area contributed by atoms with Gasteiger partial charge in [0.25, 0.3) is 9.84 Å². The zero-order chi connectivity index (χ0) is 24.8. The largest absolute Gasteiger partial charge is 0.501 e. The van der Waals surface area contributed by atoms with Crippen LogP contribution in [0.1, 0.15) is 11.3 Å². The lowest BCUT2D eigenvalue weighted by Crippen LogP contribution is -2.25. The smallest absolute Gasteiger partial charge is 0.495 e. The monoisotopic (exact) mass is 493 g/mol. The number of hydrogen-bond donors (Lipinski definition) is 1. The zero-order valence-electron chi connectivity index (χ0n) is 17.9. The molecule has 12 heteroatoms. The van der Waals surface area contributed by atoms with Crippen LogP contribution >= 0.6 is 0 Å². The normalized spacial score (nSPS) is 12.3. The Morgan fingerprint density at radius 1 is 1.09 bits per heavy atom. The number of sulfone groups is 1. The summed E-state index contributed by atoms with van der Waals surface area (Å²) in [5.41, 5.74) is -4.63. The minimum atomic E-state index is -5.54. The molecule has 2 aromatic carbocycles. The fraction of sp³-hybridized carbons (Fsp3) is 0.182. The van der Waals surface area contributed by atoms with E-state index in [4.69, 9.17) is 4.74 Å². The van der Waals surface area contributed by atoms with E-state index < -0.39 is 31.8 Å². The van der Waals surface area contributed by atoms with Gasteiger partial charge >= 0.3 is 11.2 Å². The Bertz CT molecular complexity index is 1560. The van der Waals surface area contributed by atoms with Gasteiger partial charge in [0.1, 0.15) is 5.75 Å². The van der Waals surface area contributed by atoms with E-state index in [0.29, 0.717) is 16.8 Å². The van der Waals surface area contributed by atoms with Crippen LogP contribution in [0.15, 0.2) is 64.4 Å². The van der Waals surface area contributed by atoms with E-state index in [1.165, 1.54) is 24.8 Å². The van der Waals surface area contributed by atoms with Gasteiger partial charge < -0.3 is 9.84 Å². The lowest BCUT2D eigenvalue weighted by Gasteiger charge is -2.12. The summed E-state index contributed by atoms with van der Waals surface area (Å²) >= 11 is 0. The fourth-order valence-corrected chi connectivity index (χ4v) is 4.40. The van der Waals surface area contributed by atoms with Crippen LogP contribution in [0.2, 0.25) is 0 Å². The second kappa shape index (κ2) is 8.20. The molecule has 0 aliphatic carbocycles. The number of hydrogen-bond acceptors (Lipinski definition) is 6. The van der Waals surface area contributed by atoms with Crippen molar-refractivity contribution in [3.8, 4) is 17.3 Å². The molecule has 0 amide bonds. The van der Waals surface area contributed by atoms with E-state index in [2.05, 4.69) is 4.98 Å². The number of fused-ring (bicyclic) bond motifs is 1. The third-order valence-electron chi connectivity index (χ3n) is 5.46. The third kappa shape index (κ3) is 3.69. The molecule has 2 aromatic heterocycles. The molecule has 0 fully saturated rings. The minimum absolute atomic E-state index is 0.00275. The van der Waals surface area contributed by atoms with E-state index in [-0.39, 0.29) is 17.9 Å². The van der Waals surface area contributed by atoms with Crippen molar-refractivity contribution in [3.63, 3.8) is 0 Å². The topological polar surface area (TPSA) is 103 Å². The highest BCUT2D eigenvalue weighted by molar-refractivity contribution is 7.92. The predicted molar refractivity (Wildman–Crippen MR) is 117 cm³/mol. The number of alkyl halides is 3. The molecule has 0 saturated heterocycles. The summed E-state index contributed by atoms with van der Waals surface area (Å²) in [6.45, 7) is 1.52. The number of pyridine rings is 1. The molecule has 0 spiro atoms. The highest BCUT2D eigenvalue weighted by Gasteiger charge is 2.46. The Labute approximate surface area is 191 Å². The lowest BCUT2D eigenvalue weighted by atomic mass is 10.1. The molecular weight excluding hydrogens is 475 g/mol. The van der Waals surface area contributed by atoms with Crippen molar-refractivity contribution in [1.29, 1.82) is 0 Å². The second-order valence-corrected chi connectivity index (χ2v) is 9.32. The average molecular weight is 493 g/mol. The van der Waals surface area contributed by atoms with E-state index in [1.807, 2.05) is 18.2 Å². The maximum absolute atomic E-state index is 13.2. The summed E-state index contributed by atoms with van der Waals surface area (Å²) in [4.78, 5) is 16.6. The molecule has 1 N–H and O–H groups in total. The number of ether oxygens (including phenoxy) is 1. The van der Waals surface area contributed by atoms with Crippen LogP contribution in [0.4, 0.5) is 13.2 Å². The van der Waals surface area contributed by atoms with Gasteiger partial charge in [-0.25, -0.2) is 17.8 Å². The van der Waals surface area contributed by atoms with E-state index in [9.17, 15) is 31.5 Å². The Morgan fingerprint density at radius 2 is 1.74 bits per heavy atom. The Morgan fingerprint density at radius 3 is 2.35 bits per heavy atom. The van der Waals surface area contributed by atoms with Crippen LogP contribution in [0, 0.1) is 6.92 Å². The quantitative estimate of drug-likeness (QED) is 0.456. The fourth-order valence-electron chi connectivity index (χ4n) is 3.64. The summed E-state index contributed by atoms with van der Waals surface area (Å²) in [7, 11) is -4.08. The van der Waals surface area contributed by atoms with Crippen molar-refractivity contribution < 1.29 is 31.4 Å². The van der Waals surface area contributed by atoms with Crippen LogP contribution in [-0.4, -0.2) is 40.3 Å². The molecule has 0 atom stereocenters. The highest BCUT2D eigenvalue weighted by atomic mass is 32.2. The molecule has 0 unspecified atom stereocenters. The molecule has 178 valence electrons. The molecule has 0 saturated carbocycles. The number of aromatic nitrogens is 3. The molecule has 4 rings (SSSR count). The van der Waals surface area contributed by atoms with Gasteiger partial charge in [-0.2, -0.15) is 13.2 Å². The first-order chi connectivity index (χ1) is 16.0. The maximum Gasteiger partial charge on any atom is 0.501 e. The summed E-state index contributed by atoms with van der Waals surface area (Å²) < 4.78 is 69.2. The summed E-state index contributed by atoms with van der Waals surface area (Å²) in [6, 6.07) is 10.7. The molecular formula is C22H18F3N3O5S. The number of para-hydroxylation sites is 1. The summed E-state index contributed by atoms with van der Waals surface area (Å²) in [5.74, 6) is -0.00675. The van der Waals surface area contributed by atoms with Crippen molar-refractivity contribution in [2.24, 2.45) is 0 Å². The maximum atomic E-state index is 13.2. The van der Waals surface area contributed by atoms with Crippen molar-refractivity contribution in [2.45, 2.75) is 23.9 Å². The third-order valence-corrected chi connectivity index (χ3v) is 6.96. The SMILES string of the molecule is COc1cnc2ccccc2c1Cn1c(C)c(O)n(-c2ccc(S(=O)(=O)C(F)(F)F)cc2)c1=O.